The summed E-state index contributed by atoms with van der Waals surface area (Å²) in [6.07, 6.45) is 6.95. The van der Waals surface area contributed by atoms with Gasteiger partial charge in [-0.05, 0) is 44.4 Å². The first-order valence-corrected chi connectivity index (χ1v) is 4.61. The molecule has 11 heavy (non-hydrogen) atoms. The molecule has 0 aliphatic heterocycles. The van der Waals surface area contributed by atoms with Gasteiger partial charge in [-0.25, -0.2) is 0 Å². The zero-order chi connectivity index (χ0) is 7.84. The van der Waals surface area contributed by atoms with Crippen molar-refractivity contribution in [3.63, 3.8) is 0 Å². The highest BCUT2D eigenvalue weighted by molar-refractivity contribution is 5.08. The van der Waals surface area contributed by atoms with Gasteiger partial charge in [0.15, 0.2) is 0 Å². The van der Waals surface area contributed by atoms with Crippen LogP contribution in [0.5, 0.6) is 0 Å². The van der Waals surface area contributed by atoms with Crippen molar-refractivity contribution >= 4 is 0 Å². The molecule has 2 rings (SSSR count). The summed E-state index contributed by atoms with van der Waals surface area (Å²) in [5.41, 5.74) is 1.53. The SMILES string of the molecule is CC1=CC[C@@H]2C(O)CC[C@@H]2C1. The molecule has 3 atom stereocenters. The normalized spacial score (nSPS) is 43.5. The van der Waals surface area contributed by atoms with Crippen molar-refractivity contribution in [2.75, 3.05) is 0 Å². The molecule has 1 unspecified atom stereocenters. The van der Waals surface area contributed by atoms with Crippen LogP contribution >= 0.6 is 0 Å². The number of rotatable bonds is 0. The molecule has 1 saturated carbocycles. The van der Waals surface area contributed by atoms with Crippen molar-refractivity contribution < 1.29 is 5.11 Å². The Balaban J connectivity index is 2.11. The summed E-state index contributed by atoms with van der Waals surface area (Å²) in [6.45, 7) is 2.21. The molecule has 0 heterocycles. The van der Waals surface area contributed by atoms with Gasteiger partial charge in [-0.2, -0.15) is 0 Å². The van der Waals surface area contributed by atoms with Gasteiger partial charge in [0.25, 0.3) is 0 Å². The fourth-order valence-corrected chi connectivity index (χ4v) is 2.56. The number of aliphatic hydroxyl groups is 1. The zero-order valence-electron chi connectivity index (χ0n) is 7.09. The Morgan fingerprint density at radius 3 is 3.09 bits per heavy atom. The van der Waals surface area contributed by atoms with Crippen molar-refractivity contribution in [1.82, 2.24) is 0 Å². The van der Waals surface area contributed by atoms with Crippen molar-refractivity contribution in [3.8, 4) is 0 Å². The van der Waals surface area contributed by atoms with Crippen LogP contribution in [0.2, 0.25) is 0 Å². The summed E-state index contributed by atoms with van der Waals surface area (Å²) in [5, 5.41) is 9.58. The van der Waals surface area contributed by atoms with Crippen molar-refractivity contribution in [2.45, 2.75) is 38.7 Å². The third kappa shape index (κ3) is 1.22. The monoisotopic (exact) mass is 152 g/mol. The minimum atomic E-state index is 0.00403. The quantitative estimate of drug-likeness (QED) is 0.527. The van der Waals surface area contributed by atoms with E-state index in [2.05, 4.69) is 13.0 Å². The minimum absolute atomic E-state index is 0.00403. The van der Waals surface area contributed by atoms with Crippen molar-refractivity contribution in [2.24, 2.45) is 11.8 Å². The second-order valence-corrected chi connectivity index (χ2v) is 4.06. The molecule has 0 amide bonds. The molecule has 1 heteroatoms. The predicted octanol–water partition coefficient (Wildman–Crippen LogP) is 2.11. The second-order valence-electron chi connectivity index (χ2n) is 4.06. The van der Waals surface area contributed by atoms with Crippen LogP contribution in [0.1, 0.15) is 32.6 Å². The molecule has 0 aromatic rings. The van der Waals surface area contributed by atoms with Gasteiger partial charge in [-0.3, -0.25) is 0 Å². The average Bonchev–Trinajstić information content (AvgIpc) is 2.32. The molecule has 62 valence electrons. The van der Waals surface area contributed by atoms with Crippen LogP contribution in [-0.2, 0) is 0 Å². The van der Waals surface area contributed by atoms with Gasteiger partial charge in [0, 0.05) is 0 Å². The third-order valence-corrected chi connectivity index (χ3v) is 3.26. The van der Waals surface area contributed by atoms with Crippen LogP contribution in [0.25, 0.3) is 0 Å². The van der Waals surface area contributed by atoms with E-state index in [0.29, 0.717) is 5.92 Å². The first-order chi connectivity index (χ1) is 5.27. The molecule has 1 N–H and O–H groups in total. The number of aliphatic hydroxyl groups excluding tert-OH is 1. The molecule has 0 radical (unpaired) electrons. The van der Waals surface area contributed by atoms with Gasteiger partial charge in [-0.15, -0.1) is 0 Å². The Morgan fingerprint density at radius 2 is 2.27 bits per heavy atom. The lowest BCUT2D eigenvalue weighted by Gasteiger charge is -2.25. The molecule has 1 nitrogen and oxygen atoms in total. The maximum Gasteiger partial charge on any atom is 0.0574 e. The van der Waals surface area contributed by atoms with Crippen LogP contribution in [0.15, 0.2) is 11.6 Å². The average molecular weight is 152 g/mol. The van der Waals surface area contributed by atoms with Gasteiger partial charge < -0.3 is 5.11 Å². The fourth-order valence-electron chi connectivity index (χ4n) is 2.56. The van der Waals surface area contributed by atoms with Crippen LogP contribution in [-0.4, -0.2) is 11.2 Å². The Kier molecular flexibility index (Phi) is 1.76. The van der Waals surface area contributed by atoms with E-state index < -0.39 is 0 Å². The van der Waals surface area contributed by atoms with Crippen LogP contribution in [0.3, 0.4) is 0 Å². The molecule has 0 saturated heterocycles. The van der Waals surface area contributed by atoms with Crippen LogP contribution in [0, 0.1) is 11.8 Å². The molecule has 0 spiro atoms. The third-order valence-electron chi connectivity index (χ3n) is 3.26. The standard InChI is InChI=1S/C10H16O/c1-7-2-4-9-8(6-7)3-5-10(9)11/h2,8-11H,3-6H2,1H3/t8-,9+,10?/m1/s1. The maximum absolute atomic E-state index is 9.58. The van der Waals surface area contributed by atoms with E-state index in [1.807, 2.05) is 0 Å². The van der Waals surface area contributed by atoms with E-state index in [0.717, 1.165) is 18.8 Å². The molecule has 0 bridgehead atoms. The summed E-state index contributed by atoms with van der Waals surface area (Å²) in [4.78, 5) is 0. The lowest BCUT2D eigenvalue weighted by molar-refractivity contribution is 0.116. The maximum atomic E-state index is 9.58. The number of allylic oxidation sites excluding steroid dienone is 2. The highest BCUT2D eigenvalue weighted by Crippen LogP contribution is 2.41. The van der Waals surface area contributed by atoms with E-state index in [9.17, 15) is 5.11 Å². The smallest absolute Gasteiger partial charge is 0.0574 e. The Hall–Kier alpha value is -0.300. The van der Waals surface area contributed by atoms with Crippen LogP contribution < -0.4 is 0 Å². The number of hydrogen-bond acceptors (Lipinski definition) is 1. The largest absolute Gasteiger partial charge is 0.393 e. The first-order valence-electron chi connectivity index (χ1n) is 4.61. The predicted molar refractivity (Wildman–Crippen MR) is 45.2 cm³/mol. The van der Waals surface area contributed by atoms with Crippen LogP contribution in [0.4, 0.5) is 0 Å². The summed E-state index contributed by atoms with van der Waals surface area (Å²) in [6, 6.07) is 0. The summed E-state index contributed by atoms with van der Waals surface area (Å²) < 4.78 is 0. The van der Waals surface area contributed by atoms with Crippen molar-refractivity contribution in [3.05, 3.63) is 11.6 Å². The number of hydrogen-bond donors (Lipinski definition) is 1. The fraction of sp³-hybridized carbons (Fsp3) is 0.800. The molecule has 1 fully saturated rings. The molecule has 0 aromatic carbocycles. The molecular weight excluding hydrogens is 136 g/mol. The molecule has 2 aliphatic carbocycles. The highest BCUT2D eigenvalue weighted by Gasteiger charge is 2.35. The summed E-state index contributed by atoms with van der Waals surface area (Å²) in [7, 11) is 0. The van der Waals surface area contributed by atoms with E-state index in [1.54, 1.807) is 0 Å². The zero-order valence-corrected chi connectivity index (χ0v) is 7.09. The van der Waals surface area contributed by atoms with E-state index >= 15 is 0 Å². The summed E-state index contributed by atoms with van der Waals surface area (Å²) in [5.74, 6) is 1.40. The second kappa shape index (κ2) is 2.63. The lowest BCUT2D eigenvalue weighted by Crippen LogP contribution is -2.21. The van der Waals surface area contributed by atoms with E-state index in [1.165, 1.54) is 18.4 Å². The first kappa shape index (κ1) is 7.35. The molecule has 0 aromatic heterocycles. The molecule has 2 aliphatic rings. The Labute approximate surface area is 68.1 Å². The number of fused-ring (bicyclic) bond motifs is 1. The van der Waals surface area contributed by atoms with Gasteiger partial charge >= 0.3 is 0 Å². The van der Waals surface area contributed by atoms with Gasteiger partial charge in [0.1, 0.15) is 0 Å². The molecular formula is C10H16O. The topological polar surface area (TPSA) is 20.2 Å². The minimum Gasteiger partial charge on any atom is -0.393 e. The Morgan fingerprint density at radius 1 is 1.45 bits per heavy atom. The van der Waals surface area contributed by atoms with E-state index in [4.69, 9.17) is 0 Å². The van der Waals surface area contributed by atoms with Gasteiger partial charge in [0.05, 0.1) is 6.10 Å². The highest BCUT2D eigenvalue weighted by atomic mass is 16.3. The summed E-state index contributed by atoms with van der Waals surface area (Å²) >= 11 is 0. The van der Waals surface area contributed by atoms with Crippen molar-refractivity contribution in [1.29, 1.82) is 0 Å². The Bertz CT molecular complexity index is 183. The lowest BCUT2D eigenvalue weighted by atomic mass is 9.82. The van der Waals surface area contributed by atoms with Gasteiger partial charge in [-0.1, -0.05) is 11.6 Å². The van der Waals surface area contributed by atoms with E-state index in [-0.39, 0.29) is 6.10 Å². The van der Waals surface area contributed by atoms with Gasteiger partial charge in [0.2, 0.25) is 0 Å².